The number of benzene rings is 2. The predicted octanol–water partition coefficient (Wildman–Crippen LogP) is 4.83. The molecule has 0 radical (unpaired) electrons. The number of hydrazone groups is 1. The van der Waals surface area contributed by atoms with Gasteiger partial charge in [-0.1, -0.05) is 13.3 Å². The second-order valence-electron chi connectivity index (χ2n) is 6.66. The standard InChI is InChI=1S/C23H21FN4O/c1-2-3-14-29-19-7-4-16(5-8-19)22-20-15-18(24)6-9-21(20)26-23(28-27-22)17-10-12-25-13-11-17/h4-13,15H,2-3,14H2,1H3,(H,26,28). The van der Waals surface area contributed by atoms with Gasteiger partial charge in [0.15, 0.2) is 5.84 Å². The third-order valence-corrected chi connectivity index (χ3v) is 4.57. The van der Waals surface area contributed by atoms with Crippen molar-refractivity contribution in [2.75, 3.05) is 6.61 Å². The van der Waals surface area contributed by atoms with Crippen LogP contribution in [-0.4, -0.2) is 23.1 Å². The van der Waals surface area contributed by atoms with Gasteiger partial charge < -0.3 is 4.74 Å². The maximum atomic E-state index is 14.0. The fourth-order valence-electron chi connectivity index (χ4n) is 3.01. The molecule has 3 aromatic rings. The Morgan fingerprint density at radius 3 is 2.52 bits per heavy atom. The number of hydrogen-bond donors (Lipinski definition) is 1. The number of aromatic nitrogens is 1. The molecule has 4 rings (SSSR count). The summed E-state index contributed by atoms with van der Waals surface area (Å²) in [5.74, 6) is 1.05. The van der Waals surface area contributed by atoms with Crippen LogP contribution < -0.4 is 10.2 Å². The normalized spacial score (nSPS) is 12.9. The number of hydrogen-bond acceptors (Lipinski definition) is 5. The molecule has 0 spiro atoms. The number of ether oxygens (including phenoxy) is 1. The van der Waals surface area contributed by atoms with Crippen LogP contribution in [0.3, 0.4) is 0 Å². The van der Waals surface area contributed by atoms with Crippen LogP contribution in [0.15, 0.2) is 77.1 Å². The lowest BCUT2D eigenvalue weighted by Gasteiger charge is -2.10. The van der Waals surface area contributed by atoms with Crippen LogP contribution in [-0.2, 0) is 0 Å². The molecule has 1 aliphatic rings. The molecule has 1 N–H and O–H groups in total. The average Bonchev–Trinajstić information content (AvgIpc) is 2.95. The van der Waals surface area contributed by atoms with Crippen molar-refractivity contribution >= 4 is 17.2 Å². The number of unbranched alkanes of at least 4 members (excludes halogenated alkanes) is 1. The highest BCUT2D eigenvalue weighted by atomic mass is 19.1. The zero-order valence-corrected chi connectivity index (χ0v) is 16.1. The van der Waals surface area contributed by atoms with E-state index in [1.54, 1.807) is 18.5 Å². The summed E-state index contributed by atoms with van der Waals surface area (Å²) in [4.78, 5) is 8.70. The van der Waals surface area contributed by atoms with E-state index in [1.807, 2.05) is 36.4 Å². The van der Waals surface area contributed by atoms with E-state index in [-0.39, 0.29) is 5.82 Å². The summed E-state index contributed by atoms with van der Waals surface area (Å²) < 4.78 is 19.8. The van der Waals surface area contributed by atoms with Crippen LogP contribution in [0.25, 0.3) is 0 Å². The van der Waals surface area contributed by atoms with Crippen LogP contribution in [0.5, 0.6) is 5.75 Å². The molecule has 0 saturated heterocycles. The van der Waals surface area contributed by atoms with Gasteiger partial charge in [-0.25, -0.2) is 9.38 Å². The maximum Gasteiger partial charge on any atom is 0.154 e. The Labute approximate surface area is 169 Å². The summed E-state index contributed by atoms with van der Waals surface area (Å²) in [6, 6.07) is 15.9. The van der Waals surface area contributed by atoms with Gasteiger partial charge in [-0.3, -0.25) is 10.4 Å². The van der Waals surface area contributed by atoms with Crippen molar-refractivity contribution in [2.45, 2.75) is 19.8 Å². The molecule has 6 heteroatoms. The highest BCUT2D eigenvalue weighted by Crippen LogP contribution is 2.27. The molecule has 29 heavy (non-hydrogen) atoms. The smallest absolute Gasteiger partial charge is 0.154 e. The number of rotatable bonds is 6. The van der Waals surface area contributed by atoms with Crippen molar-refractivity contribution < 1.29 is 9.13 Å². The third kappa shape index (κ3) is 4.32. The summed E-state index contributed by atoms with van der Waals surface area (Å²) in [6.45, 7) is 2.82. The summed E-state index contributed by atoms with van der Waals surface area (Å²) in [6.07, 6.45) is 5.48. The number of amidine groups is 1. The van der Waals surface area contributed by atoms with Gasteiger partial charge in [0.2, 0.25) is 0 Å². The molecule has 0 saturated carbocycles. The van der Waals surface area contributed by atoms with Crippen molar-refractivity contribution in [3.63, 3.8) is 0 Å². The molecular formula is C23H21FN4O. The Kier molecular flexibility index (Phi) is 5.61. The van der Waals surface area contributed by atoms with Crippen LogP contribution in [0.4, 0.5) is 10.1 Å². The van der Waals surface area contributed by atoms with Crippen LogP contribution in [0.2, 0.25) is 0 Å². The van der Waals surface area contributed by atoms with Gasteiger partial charge in [0, 0.05) is 29.1 Å². The molecule has 0 unspecified atom stereocenters. The molecule has 0 fully saturated rings. The quantitative estimate of drug-likeness (QED) is 0.615. The molecule has 5 nitrogen and oxygen atoms in total. The van der Waals surface area contributed by atoms with E-state index in [0.29, 0.717) is 29.4 Å². The highest BCUT2D eigenvalue weighted by Gasteiger charge is 2.18. The van der Waals surface area contributed by atoms with Gasteiger partial charge in [-0.05, 0) is 61.0 Å². The van der Waals surface area contributed by atoms with Gasteiger partial charge in [0.25, 0.3) is 0 Å². The molecule has 1 aliphatic heterocycles. The Morgan fingerprint density at radius 2 is 1.76 bits per heavy atom. The zero-order valence-electron chi connectivity index (χ0n) is 16.1. The van der Waals surface area contributed by atoms with Gasteiger partial charge in [0.05, 0.1) is 12.3 Å². The van der Waals surface area contributed by atoms with Crippen LogP contribution >= 0.6 is 0 Å². The van der Waals surface area contributed by atoms with E-state index in [2.05, 4.69) is 27.4 Å². The average molecular weight is 388 g/mol. The summed E-state index contributed by atoms with van der Waals surface area (Å²) >= 11 is 0. The molecule has 146 valence electrons. The fraction of sp³-hybridized carbons (Fsp3) is 0.174. The minimum atomic E-state index is -0.335. The number of nitrogens with one attached hydrogen (secondary N) is 1. The highest BCUT2D eigenvalue weighted by molar-refractivity contribution is 6.18. The number of pyridine rings is 1. The SMILES string of the molecule is CCCCOc1ccc(C2=NNC(c3ccncc3)=Nc3ccc(F)cc32)cc1. The number of halogens is 1. The number of nitrogens with zero attached hydrogens (tertiary/aromatic N) is 3. The first-order valence-electron chi connectivity index (χ1n) is 9.60. The van der Waals surface area contributed by atoms with E-state index in [9.17, 15) is 4.39 Å². The molecule has 2 heterocycles. The first-order valence-corrected chi connectivity index (χ1v) is 9.60. The predicted molar refractivity (Wildman–Crippen MR) is 112 cm³/mol. The molecular weight excluding hydrogens is 367 g/mol. The van der Waals surface area contributed by atoms with Gasteiger partial charge >= 0.3 is 0 Å². The summed E-state index contributed by atoms with van der Waals surface area (Å²) in [5.41, 5.74) is 6.61. The van der Waals surface area contributed by atoms with Crippen LogP contribution in [0.1, 0.15) is 36.5 Å². The van der Waals surface area contributed by atoms with Crippen molar-refractivity contribution in [1.29, 1.82) is 0 Å². The first kappa shape index (κ1) is 18.8. The Morgan fingerprint density at radius 1 is 0.966 bits per heavy atom. The van der Waals surface area contributed by atoms with E-state index < -0.39 is 0 Å². The van der Waals surface area contributed by atoms with Gasteiger partial charge in [-0.15, -0.1) is 0 Å². The van der Waals surface area contributed by atoms with Crippen molar-refractivity contribution in [3.8, 4) is 5.75 Å². The maximum absolute atomic E-state index is 14.0. The minimum Gasteiger partial charge on any atom is -0.494 e. The number of fused-ring (bicyclic) bond motifs is 1. The Balaban J connectivity index is 1.70. The molecule has 0 bridgehead atoms. The zero-order chi connectivity index (χ0) is 20.1. The van der Waals surface area contributed by atoms with Crippen molar-refractivity contribution in [3.05, 3.63) is 89.5 Å². The molecule has 0 atom stereocenters. The lowest BCUT2D eigenvalue weighted by molar-refractivity contribution is 0.309. The van der Waals surface area contributed by atoms with E-state index in [1.165, 1.54) is 12.1 Å². The van der Waals surface area contributed by atoms with E-state index in [4.69, 9.17) is 4.74 Å². The summed E-state index contributed by atoms with van der Waals surface area (Å²) in [5, 5.41) is 4.55. The van der Waals surface area contributed by atoms with Gasteiger partial charge in [-0.2, -0.15) is 5.10 Å². The fourth-order valence-corrected chi connectivity index (χ4v) is 3.01. The third-order valence-electron chi connectivity index (χ3n) is 4.57. The topological polar surface area (TPSA) is 58.9 Å². The Bertz CT molecular complexity index is 1050. The van der Waals surface area contributed by atoms with E-state index >= 15 is 0 Å². The van der Waals surface area contributed by atoms with Crippen molar-refractivity contribution in [2.24, 2.45) is 10.1 Å². The van der Waals surface area contributed by atoms with Crippen molar-refractivity contribution in [1.82, 2.24) is 10.4 Å². The first-order chi connectivity index (χ1) is 14.2. The minimum absolute atomic E-state index is 0.335. The molecule has 0 aliphatic carbocycles. The van der Waals surface area contributed by atoms with Gasteiger partial charge in [0.1, 0.15) is 17.3 Å². The largest absolute Gasteiger partial charge is 0.494 e. The Hall–Kier alpha value is -3.54. The second-order valence-corrected chi connectivity index (χ2v) is 6.66. The second kappa shape index (κ2) is 8.65. The number of aliphatic imine (C=N–C) groups is 1. The lowest BCUT2D eigenvalue weighted by Crippen LogP contribution is -2.19. The molecule has 1 aromatic heterocycles. The summed E-state index contributed by atoms with van der Waals surface area (Å²) in [7, 11) is 0. The lowest BCUT2D eigenvalue weighted by atomic mass is 10.0. The van der Waals surface area contributed by atoms with E-state index in [0.717, 1.165) is 29.7 Å². The molecule has 0 amide bonds. The van der Waals surface area contributed by atoms with Crippen LogP contribution in [0, 0.1) is 5.82 Å². The monoisotopic (exact) mass is 388 g/mol. The molecule has 2 aromatic carbocycles.